The molecule has 0 aromatic carbocycles. The molecule has 156 valence electrons. The van der Waals surface area contributed by atoms with Crippen molar-refractivity contribution >= 4 is 23.8 Å². The molecule has 8 heteroatoms. The summed E-state index contributed by atoms with van der Waals surface area (Å²) in [5.74, 6) is -3.95. The number of rotatable bonds is 14. The summed E-state index contributed by atoms with van der Waals surface area (Å²) in [6.45, 7) is 7.25. The Hall–Kier alpha value is -1.70. The average Bonchev–Trinajstić information content (AvgIpc) is 2.66. The molecule has 1 unspecified atom stereocenters. The molecule has 0 radical (unpaired) electrons. The van der Waals surface area contributed by atoms with E-state index in [0.29, 0.717) is 4.90 Å². The number of hydrogen-bond acceptors (Lipinski definition) is 6. The van der Waals surface area contributed by atoms with Crippen LogP contribution in [0, 0.1) is 0 Å². The molecule has 0 aromatic rings. The third kappa shape index (κ3) is 13.2. The summed E-state index contributed by atoms with van der Waals surface area (Å²) < 4.78 is 4.78. The molecule has 0 saturated heterocycles. The Balaban J connectivity index is 0. The van der Waals surface area contributed by atoms with Gasteiger partial charge >= 0.3 is 35.5 Å². The molecule has 7 nitrogen and oxygen atoms in total. The second kappa shape index (κ2) is 18.3. The van der Waals surface area contributed by atoms with Gasteiger partial charge in [-0.3, -0.25) is 19.3 Å². The minimum absolute atomic E-state index is 0. The zero-order valence-corrected chi connectivity index (χ0v) is 19.7. The summed E-state index contributed by atoms with van der Waals surface area (Å²) in [5.41, 5.74) is 0. The number of ether oxygens (including phenoxy) is 1. The van der Waals surface area contributed by atoms with Crippen molar-refractivity contribution in [1.82, 2.24) is 4.90 Å². The van der Waals surface area contributed by atoms with Gasteiger partial charge in [-0.15, -0.1) is 0 Å². The van der Waals surface area contributed by atoms with Crippen molar-refractivity contribution in [1.29, 1.82) is 0 Å². The standard InChI is InChI=1S/C21H31NO6.Na/c1-4-7-9-11-13-18(23)22(19(24)14-12-10-8-5-2)17(21(26)27)16-20(25)28-15-6-3;/h6,9-12,17H,3-5,7-8,13-16H2,1-2H3,(H,26,27);/q;+1/p-1/b11-9+,12-10+;. The summed E-state index contributed by atoms with van der Waals surface area (Å²) in [6.07, 6.45) is 10.4. The zero-order chi connectivity index (χ0) is 21.4. The van der Waals surface area contributed by atoms with E-state index in [4.69, 9.17) is 4.74 Å². The molecule has 0 rings (SSSR count). The Morgan fingerprint density at radius 2 is 1.45 bits per heavy atom. The molecule has 1 atom stereocenters. The van der Waals surface area contributed by atoms with Crippen LogP contribution in [0.25, 0.3) is 0 Å². The van der Waals surface area contributed by atoms with Crippen LogP contribution in [-0.4, -0.2) is 41.3 Å². The number of carboxylic acids is 1. The van der Waals surface area contributed by atoms with E-state index in [1.54, 1.807) is 24.3 Å². The van der Waals surface area contributed by atoms with Gasteiger partial charge in [-0.1, -0.05) is 63.6 Å². The van der Waals surface area contributed by atoms with Gasteiger partial charge in [0.15, 0.2) is 0 Å². The Morgan fingerprint density at radius 1 is 0.966 bits per heavy atom. The smallest absolute Gasteiger partial charge is 0.548 e. The normalized spacial score (nSPS) is 11.7. The number of imide groups is 1. The van der Waals surface area contributed by atoms with Gasteiger partial charge in [-0.25, -0.2) is 0 Å². The van der Waals surface area contributed by atoms with Crippen LogP contribution in [0.4, 0.5) is 0 Å². The number of carbonyl (C=O) groups is 4. The third-order valence-electron chi connectivity index (χ3n) is 3.67. The number of hydrogen-bond donors (Lipinski definition) is 0. The van der Waals surface area contributed by atoms with Crippen LogP contribution >= 0.6 is 0 Å². The molecule has 0 N–H and O–H groups in total. The van der Waals surface area contributed by atoms with Crippen molar-refractivity contribution in [2.24, 2.45) is 0 Å². The summed E-state index contributed by atoms with van der Waals surface area (Å²) in [4.78, 5) is 49.1. The maximum Gasteiger partial charge on any atom is 1.00 e. The predicted molar refractivity (Wildman–Crippen MR) is 104 cm³/mol. The van der Waals surface area contributed by atoms with Gasteiger partial charge in [0.2, 0.25) is 11.8 Å². The molecular formula is C21H30NNaO6. The van der Waals surface area contributed by atoms with E-state index in [9.17, 15) is 24.3 Å². The van der Waals surface area contributed by atoms with Crippen LogP contribution in [0.2, 0.25) is 0 Å². The van der Waals surface area contributed by atoms with E-state index >= 15 is 0 Å². The van der Waals surface area contributed by atoms with E-state index in [0.717, 1.165) is 25.7 Å². The van der Waals surface area contributed by atoms with Gasteiger partial charge in [-0.2, -0.15) is 0 Å². The third-order valence-corrected chi connectivity index (χ3v) is 3.67. The van der Waals surface area contributed by atoms with E-state index in [1.807, 2.05) is 13.8 Å². The fraction of sp³-hybridized carbons (Fsp3) is 0.524. The quantitative estimate of drug-likeness (QED) is 0.206. The number of aliphatic carboxylic acids is 1. The number of nitrogens with zero attached hydrogens (tertiary/aromatic N) is 1. The van der Waals surface area contributed by atoms with Gasteiger partial charge in [0.25, 0.3) is 0 Å². The van der Waals surface area contributed by atoms with Crippen LogP contribution < -0.4 is 34.7 Å². The fourth-order valence-corrected chi connectivity index (χ4v) is 2.27. The van der Waals surface area contributed by atoms with Crippen LogP contribution in [0.1, 0.15) is 58.8 Å². The fourth-order valence-electron chi connectivity index (χ4n) is 2.27. The molecule has 0 spiro atoms. The van der Waals surface area contributed by atoms with Crippen LogP contribution in [-0.2, 0) is 23.9 Å². The largest absolute Gasteiger partial charge is 1.00 e. The van der Waals surface area contributed by atoms with Crippen molar-refractivity contribution in [2.45, 2.75) is 64.8 Å². The number of carboxylic acid groups (broad SMARTS) is 1. The van der Waals surface area contributed by atoms with Crippen molar-refractivity contribution in [3.05, 3.63) is 37.0 Å². The Morgan fingerprint density at radius 3 is 1.83 bits per heavy atom. The van der Waals surface area contributed by atoms with E-state index in [2.05, 4.69) is 6.58 Å². The summed E-state index contributed by atoms with van der Waals surface area (Å²) in [5, 5.41) is 11.6. The molecule has 0 heterocycles. The van der Waals surface area contributed by atoms with Crippen LogP contribution in [0.3, 0.4) is 0 Å². The first kappa shape index (κ1) is 29.5. The molecule has 0 bridgehead atoms. The first-order chi connectivity index (χ1) is 13.4. The van der Waals surface area contributed by atoms with Gasteiger partial charge in [0.05, 0.1) is 18.4 Å². The second-order valence-electron chi connectivity index (χ2n) is 6.10. The van der Waals surface area contributed by atoms with Crippen molar-refractivity contribution in [3.63, 3.8) is 0 Å². The van der Waals surface area contributed by atoms with Crippen molar-refractivity contribution < 1.29 is 58.6 Å². The van der Waals surface area contributed by atoms with Gasteiger partial charge in [0, 0.05) is 12.8 Å². The molecular weight excluding hydrogens is 385 g/mol. The molecule has 0 aromatic heterocycles. The first-order valence-corrected chi connectivity index (χ1v) is 9.51. The monoisotopic (exact) mass is 415 g/mol. The first-order valence-electron chi connectivity index (χ1n) is 9.51. The Labute approximate surface area is 195 Å². The van der Waals surface area contributed by atoms with E-state index < -0.39 is 36.2 Å². The van der Waals surface area contributed by atoms with Crippen molar-refractivity contribution in [3.8, 4) is 0 Å². The minimum Gasteiger partial charge on any atom is -0.548 e. The molecule has 29 heavy (non-hydrogen) atoms. The maximum absolute atomic E-state index is 12.5. The Kier molecular flexibility index (Phi) is 18.7. The molecule has 0 saturated carbocycles. The summed E-state index contributed by atoms with van der Waals surface area (Å²) >= 11 is 0. The van der Waals surface area contributed by atoms with Crippen LogP contribution in [0.5, 0.6) is 0 Å². The Bertz CT molecular complexity index is 570. The average molecular weight is 415 g/mol. The number of allylic oxidation sites excluding steroid dienone is 2. The topological polar surface area (TPSA) is 104 Å². The molecule has 0 aliphatic rings. The van der Waals surface area contributed by atoms with Gasteiger partial charge in [0.1, 0.15) is 6.61 Å². The minimum atomic E-state index is -1.73. The van der Waals surface area contributed by atoms with E-state index in [1.165, 1.54) is 6.08 Å². The van der Waals surface area contributed by atoms with E-state index in [-0.39, 0.29) is 49.0 Å². The maximum atomic E-state index is 12.5. The SMILES string of the molecule is C=CCOC(=O)CC(C(=O)[O-])N(C(=O)C/C=C/CCC)C(=O)C/C=C/CCC.[Na+]. The van der Waals surface area contributed by atoms with Gasteiger partial charge in [-0.05, 0) is 12.8 Å². The number of unbranched alkanes of at least 4 members (excludes halogenated alkanes) is 2. The summed E-state index contributed by atoms with van der Waals surface area (Å²) in [7, 11) is 0. The molecule has 0 fully saturated rings. The number of esters is 1. The number of amides is 2. The number of carbonyl (C=O) groups excluding carboxylic acids is 4. The van der Waals surface area contributed by atoms with Crippen LogP contribution in [0.15, 0.2) is 37.0 Å². The van der Waals surface area contributed by atoms with Crippen molar-refractivity contribution in [2.75, 3.05) is 6.61 Å². The predicted octanol–water partition coefficient (Wildman–Crippen LogP) is -0.924. The molecule has 0 aliphatic heterocycles. The second-order valence-corrected chi connectivity index (χ2v) is 6.10. The molecule has 2 amide bonds. The van der Waals surface area contributed by atoms with Gasteiger partial charge < -0.3 is 14.6 Å². The molecule has 0 aliphatic carbocycles. The zero-order valence-electron chi connectivity index (χ0n) is 17.7. The summed E-state index contributed by atoms with van der Waals surface area (Å²) in [6, 6.07) is -1.73.